The molecule has 0 aliphatic heterocycles. The minimum absolute atomic E-state index is 0.833. The Kier molecular flexibility index (Phi) is 31.1. The minimum Gasteiger partial charge on any atom is -0.481 e. The lowest BCUT2D eigenvalue weighted by Gasteiger charge is -2.05. The molecule has 0 radical (unpaired) electrons. The molecule has 0 saturated heterocycles. The van der Waals surface area contributed by atoms with E-state index < -0.39 is 5.97 Å². The molecule has 88 valence electrons. The Balaban J connectivity index is -0.000000134. The van der Waals surface area contributed by atoms with E-state index in [1.807, 2.05) is 0 Å². The molecule has 1 saturated carbocycles. The summed E-state index contributed by atoms with van der Waals surface area (Å²) in [7, 11) is 2.00. The minimum atomic E-state index is -0.833. The number of aliphatic hydroxyl groups is 2. The molecule has 0 atom stereocenters. The fraction of sp³-hybridized carbons (Fsp3) is 0.900. The number of carbonyl (C=O) groups is 1. The van der Waals surface area contributed by atoms with Crippen LogP contribution in [0.3, 0.4) is 0 Å². The zero-order valence-electron chi connectivity index (χ0n) is 9.49. The van der Waals surface area contributed by atoms with Crippen LogP contribution in [0.4, 0.5) is 0 Å². The highest BCUT2D eigenvalue weighted by Gasteiger charge is 1.95. The van der Waals surface area contributed by atoms with Gasteiger partial charge >= 0.3 is 0 Å². The summed E-state index contributed by atoms with van der Waals surface area (Å²) < 4.78 is 0. The van der Waals surface area contributed by atoms with Crippen LogP contribution in [0.25, 0.3) is 0 Å². The Morgan fingerprint density at radius 3 is 0.929 bits per heavy atom. The van der Waals surface area contributed by atoms with Gasteiger partial charge in [-0.15, -0.1) is 0 Å². The van der Waals surface area contributed by atoms with Crippen molar-refractivity contribution < 1.29 is 20.1 Å². The van der Waals surface area contributed by atoms with E-state index in [9.17, 15) is 0 Å². The van der Waals surface area contributed by atoms with Crippen molar-refractivity contribution >= 4 is 5.97 Å². The van der Waals surface area contributed by atoms with Crippen LogP contribution in [0.15, 0.2) is 0 Å². The van der Waals surface area contributed by atoms with Crippen molar-refractivity contribution in [1.82, 2.24) is 0 Å². The van der Waals surface area contributed by atoms with Gasteiger partial charge in [0.15, 0.2) is 0 Å². The van der Waals surface area contributed by atoms with Gasteiger partial charge in [0.25, 0.3) is 5.97 Å². The molecule has 0 amide bonds. The van der Waals surface area contributed by atoms with Crippen LogP contribution in [0.2, 0.25) is 0 Å². The van der Waals surface area contributed by atoms with E-state index in [0.717, 1.165) is 21.1 Å². The third kappa shape index (κ3) is 42.3. The molecule has 0 bridgehead atoms. The highest BCUT2D eigenvalue weighted by atomic mass is 16.4. The van der Waals surface area contributed by atoms with Gasteiger partial charge in [-0.3, -0.25) is 4.79 Å². The van der Waals surface area contributed by atoms with E-state index in [1.54, 1.807) is 0 Å². The summed E-state index contributed by atoms with van der Waals surface area (Å²) in [6.45, 7) is 1.08. The van der Waals surface area contributed by atoms with Crippen LogP contribution in [-0.2, 0) is 4.79 Å². The lowest BCUT2D eigenvalue weighted by molar-refractivity contribution is -0.134. The maximum absolute atomic E-state index is 9.00. The monoisotopic (exact) mass is 208 g/mol. The maximum Gasteiger partial charge on any atom is 0.300 e. The number of rotatable bonds is 0. The summed E-state index contributed by atoms with van der Waals surface area (Å²) in [6, 6.07) is 0. The van der Waals surface area contributed by atoms with Crippen LogP contribution in [0, 0.1) is 0 Å². The van der Waals surface area contributed by atoms with Crippen LogP contribution in [-0.4, -0.2) is 35.5 Å². The Bertz CT molecular complexity index is 74.6. The van der Waals surface area contributed by atoms with Crippen LogP contribution < -0.4 is 0 Å². The third-order valence-corrected chi connectivity index (χ3v) is 1.50. The van der Waals surface area contributed by atoms with Gasteiger partial charge in [0.2, 0.25) is 0 Å². The molecule has 1 aliphatic rings. The summed E-state index contributed by atoms with van der Waals surface area (Å²) in [5.41, 5.74) is 0. The summed E-state index contributed by atoms with van der Waals surface area (Å²) in [5, 5.41) is 21.4. The second kappa shape index (κ2) is 22.8. The predicted molar refractivity (Wildman–Crippen MR) is 57.3 cm³/mol. The molecule has 0 aromatic rings. The third-order valence-electron chi connectivity index (χ3n) is 1.50. The van der Waals surface area contributed by atoms with Gasteiger partial charge in [0.1, 0.15) is 0 Å². The molecule has 1 aliphatic carbocycles. The largest absolute Gasteiger partial charge is 0.481 e. The number of aliphatic hydroxyl groups excluding tert-OH is 2. The topological polar surface area (TPSA) is 77.8 Å². The lowest BCUT2D eigenvalue weighted by Crippen LogP contribution is -1.85. The second-order valence-electron chi connectivity index (χ2n) is 2.64. The quantitative estimate of drug-likeness (QED) is 0.565. The molecule has 4 heteroatoms. The van der Waals surface area contributed by atoms with Gasteiger partial charge in [-0.25, -0.2) is 0 Å². The van der Waals surface area contributed by atoms with Gasteiger partial charge < -0.3 is 15.3 Å². The number of carboxylic acids is 1. The number of hydrogen-bond acceptors (Lipinski definition) is 3. The van der Waals surface area contributed by atoms with Gasteiger partial charge in [-0.1, -0.05) is 38.5 Å². The molecule has 0 aromatic heterocycles. The first-order valence-corrected chi connectivity index (χ1v) is 4.82. The van der Waals surface area contributed by atoms with E-state index in [4.69, 9.17) is 20.1 Å². The van der Waals surface area contributed by atoms with Crippen LogP contribution in [0.1, 0.15) is 45.4 Å². The van der Waals surface area contributed by atoms with Gasteiger partial charge in [-0.2, -0.15) is 0 Å². The SMILES string of the molecule is C1CCCCC1.CC(=O)O.CO.CO. The van der Waals surface area contributed by atoms with E-state index in [2.05, 4.69) is 0 Å². The number of aliphatic carboxylic acids is 1. The normalized spacial score (nSPS) is 12.9. The predicted octanol–water partition coefficient (Wildman–Crippen LogP) is 1.65. The summed E-state index contributed by atoms with van der Waals surface area (Å²) in [5.74, 6) is -0.833. The standard InChI is InChI=1S/C6H12.C2H4O2.2CH4O/c1-2-4-6-5-3-1;1-2(3)4;2*1-2/h1-6H2;1H3,(H,3,4);2*2H,1H3. The first-order chi connectivity index (χ1) is 6.73. The van der Waals surface area contributed by atoms with E-state index in [1.165, 1.54) is 38.5 Å². The number of carboxylic acid groups (broad SMARTS) is 1. The molecule has 3 N–H and O–H groups in total. The second-order valence-corrected chi connectivity index (χ2v) is 2.64. The molecule has 14 heavy (non-hydrogen) atoms. The first-order valence-electron chi connectivity index (χ1n) is 4.82. The average molecular weight is 208 g/mol. The smallest absolute Gasteiger partial charge is 0.300 e. The average Bonchev–Trinajstić information content (AvgIpc) is 2.25. The van der Waals surface area contributed by atoms with Gasteiger partial charge in [0, 0.05) is 21.1 Å². The van der Waals surface area contributed by atoms with E-state index in [-0.39, 0.29) is 0 Å². The zero-order chi connectivity index (χ0) is 11.8. The molecule has 0 aromatic carbocycles. The molecule has 4 nitrogen and oxygen atoms in total. The molecular formula is C10H24O4. The fourth-order valence-corrected chi connectivity index (χ4v) is 1.06. The lowest BCUT2D eigenvalue weighted by atomic mass is 10.0. The molecule has 0 heterocycles. The highest BCUT2D eigenvalue weighted by Crippen LogP contribution is 2.15. The van der Waals surface area contributed by atoms with Crippen molar-refractivity contribution in [2.75, 3.05) is 14.2 Å². The van der Waals surface area contributed by atoms with Crippen molar-refractivity contribution in [1.29, 1.82) is 0 Å². The summed E-state index contributed by atoms with van der Waals surface area (Å²) >= 11 is 0. The van der Waals surface area contributed by atoms with Crippen molar-refractivity contribution in [3.63, 3.8) is 0 Å². The summed E-state index contributed by atoms with van der Waals surface area (Å²) in [4.78, 5) is 9.00. The first kappa shape index (κ1) is 19.0. The van der Waals surface area contributed by atoms with Crippen molar-refractivity contribution in [3.05, 3.63) is 0 Å². The molecule has 0 spiro atoms. The Morgan fingerprint density at radius 1 is 0.786 bits per heavy atom. The molecule has 1 rings (SSSR count). The summed E-state index contributed by atoms with van der Waals surface area (Å²) in [6.07, 6.45) is 9.00. The molecular weight excluding hydrogens is 184 g/mol. The van der Waals surface area contributed by atoms with Crippen molar-refractivity contribution in [3.8, 4) is 0 Å². The molecule has 0 unspecified atom stereocenters. The van der Waals surface area contributed by atoms with Crippen molar-refractivity contribution in [2.24, 2.45) is 0 Å². The van der Waals surface area contributed by atoms with Crippen molar-refractivity contribution in [2.45, 2.75) is 45.4 Å². The van der Waals surface area contributed by atoms with E-state index in [0.29, 0.717) is 0 Å². The Labute approximate surface area is 86.6 Å². The molecule has 1 fully saturated rings. The maximum atomic E-state index is 9.00. The Hall–Kier alpha value is -0.610. The number of hydrogen-bond donors (Lipinski definition) is 3. The van der Waals surface area contributed by atoms with Gasteiger partial charge in [0.05, 0.1) is 0 Å². The van der Waals surface area contributed by atoms with E-state index >= 15 is 0 Å². The fourth-order valence-electron chi connectivity index (χ4n) is 1.06. The zero-order valence-corrected chi connectivity index (χ0v) is 9.49. The van der Waals surface area contributed by atoms with Gasteiger partial charge in [-0.05, 0) is 0 Å². The van der Waals surface area contributed by atoms with Crippen LogP contribution >= 0.6 is 0 Å². The highest BCUT2D eigenvalue weighted by molar-refractivity contribution is 5.62. The Morgan fingerprint density at radius 2 is 0.857 bits per heavy atom. The van der Waals surface area contributed by atoms with Crippen LogP contribution in [0.5, 0.6) is 0 Å².